The van der Waals surface area contributed by atoms with E-state index in [-0.39, 0.29) is 23.6 Å². The molecule has 3 rings (SSSR count). The van der Waals surface area contributed by atoms with E-state index in [1.54, 1.807) is 30.3 Å². The number of hydrogen-bond acceptors (Lipinski definition) is 6. The van der Waals surface area contributed by atoms with Gasteiger partial charge in [0.15, 0.2) is 6.10 Å². The number of fused-ring (bicyclic) bond motifs is 1. The standard InChI is InChI=1S/C20H20N2O8S/c23-18(24)10-17-19(25)21-14-8-13(6-7-16(14)30-17)9-15(20(26)27)22-31(28,29)11-12-4-2-1-3-5-12/h1-8,15,17,22H,9-11H2,(H,21,25)(H,23,24)(H,26,27)/t15-,17?/m0/s1. The van der Waals surface area contributed by atoms with Crippen molar-refractivity contribution in [3.05, 3.63) is 59.7 Å². The van der Waals surface area contributed by atoms with Crippen molar-refractivity contribution in [3.8, 4) is 5.75 Å². The van der Waals surface area contributed by atoms with Gasteiger partial charge in [-0.05, 0) is 29.7 Å². The molecular weight excluding hydrogens is 428 g/mol. The number of benzene rings is 2. The Labute approximate surface area is 177 Å². The van der Waals surface area contributed by atoms with Crippen molar-refractivity contribution in [1.82, 2.24) is 4.72 Å². The van der Waals surface area contributed by atoms with E-state index in [1.807, 2.05) is 0 Å². The van der Waals surface area contributed by atoms with Crippen LogP contribution in [-0.2, 0) is 36.6 Å². The first kappa shape index (κ1) is 22.2. The second kappa shape index (κ2) is 9.14. The summed E-state index contributed by atoms with van der Waals surface area (Å²) in [6.07, 6.45) is -1.85. The Morgan fingerprint density at radius 1 is 1.10 bits per heavy atom. The van der Waals surface area contributed by atoms with Crippen LogP contribution in [0, 0.1) is 0 Å². The zero-order valence-corrected chi connectivity index (χ0v) is 17.0. The van der Waals surface area contributed by atoms with Crippen molar-refractivity contribution >= 4 is 33.6 Å². The predicted molar refractivity (Wildman–Crippen MR) is 109 cm³/mol. The minimum absolute atomic E-state index is 0.176. The van der Waals surface area contributed by atoms with Crippen LogP contribution in [-0.4, -0.2) is 48.6 Å². The topological polar surface area (TPSA) is 159 Å². The molecule has 1 unspecified atom stereocenters. The van der Waals surface area contributed by atoms with E-state index in [4.69, 9.17) is 9.84 Å². The van der Waals surface area contributed by atoms with Crippen LogP contribution in [0.4, 0.5) is 5.69 Å². The van der Waals surface area contributed by atoms with Crippen LogP contribution in [0.5, 0.6) is 5.75 Å². The summed E-state index contributed by atoms with van der Waals surface area (Å²) in [7, 11) is -3.92. The Bertz CT molecular complexity index is 1100. The molecule has 4 N–H and O–H groups in total. The monoisotopic (exact) mass is 448 g/mol. The van der Waals surface area contributed by atoms with Gasteiger partial charge in [0.25, 0.3) is 5.91 Å². The van der Waals surface area contributed by atoms with Crippen LogP contribution in [0.3, 0.4) is 0 Å². The van der Waals surface area contributed by atoms with Crippen molar-refractivity contribution in [2.75, 3.05) is 5.32 Å². The number of carboxylic acids is 2. The molecule has 31 heavy (non-hydrogen) atoms. The lowest BCUT2D eigenvalue weighted by molar-refractivity contribution is -0.142. The third kappa shape index (κ3) is 6.03. The van der Waals surface area contributed by atoms with Gasteiger partial charge in [-0.1, -0.05) is 36.4 Å². The van der Waals surface area contributed by atoms with Crippen LogP contribution in [0.25, 0.3) is 0 Å². The number of aliphatic carboxylic acids is 2. The number of amides is 1. The molecule has 0 aromatic heterocycles. The summed E-state index contributed by atoms with van der Waals surface area (Å²) < 4.78 is 32.4. The Balaban J connectivity index is 1.72. The number of rotatable bonds is 9. The first-order chi connectivity index (χ1) is 14.6. The molecule has 164 valence electrons. The number of sulfonamides is 1. The minimum atomic E-state index is -3.92. The summed E-state index contributed by atoms with van der Waals surface area (Å²) in [4.78, 5) is 34.5. The van der Waals surface area contributed by atoms with E-state index in [1.165, 1.54) is 18.2 Å². The molecule has 10 nitrogen and oxygen atoms in total. The van der Waals surface area contributed by atoms with Gasteiger partial charge in [0.05, 0.1) is 17.9 Å². The zero-order valence-electron chi connectivity index (χ0n) is 16.1. The highest BCUT2D eigenvalue weighted by Gasteiger charge is 2.30. The van der Waals surface area contributed by atoms with Crippen molar-refractivity contribution in [2.24, 2.45) is 0 Å². The molecule has 1 aliphatic heterocycles. The number of hydrogen-bond donors (Lipinski definition) is 4. The van der Waals surface area contributed by atoms with Gasteiger partial charge in [-0.15, -0.1) is 0 Å². The third-order valence-electron chi connectivity index (χ3n) is 4.48. The highest BCUT2D eigenvalue weighted by atomic mass is 32.2. The van der Waals surface area contributed by atoms with E-state index < -0.39 is 46.4 Å². The van der Waals surface area contributed by atoms with Crippen LogP contribution >= 0.6 is 0 Å². The average molecular weight is 448 g/mol. The van der Waals surface area contributed by atoms with Gasteiger partial charge < -0.3 is 20.3 Å². The highest BCUT2D eigenvalue weighted by molar-refractivity contribution is 7.88. The van der Waals surface area contributed by atoms with Gasteiger partial charge in [0.2, 0.25) is 10.0 Å². The van der Waals surface area contributed by atoms with E-state index >= 15 is 0 Å². The molecule has 0 fully saturated rings. The molecule has 2 aromatic rings. The first-order valence-corrected chi connectivity index (χ1v) is 10.9. The molecule has 0 saturated carbocycles. The van der Waals surface area contributed by atoms with Crippen molar-refractivity contribution in [2.45, 2.75) is 30.7 Å². The summed E-state index contributed by atoms with van der Waals surface area (Å²) in [5.74, 6) is -3.29. The maximum atomic E-state index is 12.4. The summed E-state index contributed by atoms with van der Waals surface area (Å²) >= 11 is 0. The summed E-state index contributed by atoms with van der Waals surface area (Å²) in [6.45, 7) is 0. The number of carbonyl (C=O) groups excluding carboxylic acids is 1. The molecule has 1 heterocycles. The molecule has 1 amide bonds. The lowest BCUT2D eigenvalue weighted by atomic mass is 10.0. The maximum absolute atomic E-state index is 12.4. The molecule has 2 atom stereocenters. The molecule has 0 aliphatic carbocycles. The molecule has 2 aromatic carbocycles. The van der Waals surface area contributed by atoms with Gasteiger partial charge in [-0.2, -0.15) is 0 Å². The van der Waals surface area contributed by atoms with E-state index in [0.29, 0.717) is 11.1 Å². The van der Waals surface area contributed by atoms with E-state index in [0.717, 1.165) is 0 Å². The first-order valence-electron chi connectivity index (χ1n) is 9.22. The SMILES string of the molecule is O=C(O)CC1Oc2ccc(C[C@H](NS(=O)(=O)Cc3ccccc3)C(=O)O)cc2NC1=O. The largest absolute Gasteiger partial charge is 0.481 e. The second-order valence-electron chi connectivity index (χ2n) is 6.98. The number of anilines is 1. The fraction of sp³-hybridized carbons (Fsp3) is 0.250. The molecule has 0 radical (unpaired) electrons. The fourth-order valence-corrected chi connectivity index (χ4v) is 4.42. The van der Waals surface area contributed by atoms with Crippen LogP contribution in [0.1, 0.15) is 17.5 Å². The summed E-state index contributed by atoms with van der Waals surface area (Å²) in [5, 5.41) is 20.9. The third-order valence-corrected chi connectivity index (χ3v) is 5.84. The quantitative estimate of drug-likeness (QED) is 0.442. The smallest absolute Gasteiger partial charge is 0.322 e. The lowest BCUT2D eigenvalue weighted by Crippen LogP contribution is -2.42. The number of carbonyl (C=O) groups is 3. The summed E-state index contributed by atoms with van der Waals surface area (Å²) in [6, 6.07) is 11.4. The number of ether oxygens (including phenoxy) is 1. The van der Waals surface area contributed by atoms with Gasteiger partial charge in [0.1, 0.15) is 11.8 Å². The van der Waals surface area contributed by atoms with Gasteiger partial charge >= 0.3 is 11.9 Å². The average Bonchev–Trinajstić information content (AvgIpc) is 2.68. The number of carboxylic acid groups (broad SMARTS) is 2. The van der Waals surface area contributed by atoms with Crippen LogP contribution in [0.15, 0.2) is 48.5 Å². The van der Waals surface area contributed by atoms with Gasteiger partial charge in [-0.3, -0.25) is 14.4 Å². The summed E-state index contributed by atoms with van der Waals surface area (Å²) in [5.41, 5.74) is 1.21. The molecule has 0 bridgehead atoms. The molecule has 0 saturated heterocycles. The molecule has 11 heteroatoms. The van der Waals surface area contributed by atoms with Crippen LogP contribution < -0.4 is 14.8 Å². The van der Waals surface area contributed by atoms with Gasteiger partial charge in [-0.25, -0.2) is 13.1 Å². The zero-order chi connectivity index (χ0) is 22.6. The lowest BCUT2D eigenvalue weighted by Gasteiger charge is -2.25. The fourth-order valence-electron chi connectivity index (χ4n) is 3.08. The highest BCUT2D eigenvalue weighted by Crippen LogP contribution is 2.31. The molecule has 1 aliphatic rings. The molecular formula is C20H20N2O8S. The maximum Gasteiger partial charge on any atom is 0.322 e. The van der Waals surface area contributed by atoms with Crippen molar-refractivity contribution in [1.29, 1.82) is 0 Å². The van der Waals surface area contributed by atoms with Crippen LogP contribution in [0.2, 0.25) is 0 Å². The Kier molecular flexibility index (Phi) is 6.56. The van der Waals surface area contributed by atoms with E-state index in [9.17, 15) is 27.9 Å². The Morgan fingerprint density at radius 3 is 2.45 bits per heavy atom. The van der Waals surface area contributed by atoms with Crippen molar-refractivity contribution in [3.63, 3.8) is 0 Å². The predicted octanol–water partition coefficient (Wildman–Crippen LogP) is 0.976. The van der Waals surface area contributed by atoms with Gasteiger partial charge in [0, 0.05) is 0 Å². The molecule has 0 spiro atoms. The second-order valence-corrected chi connectivity index (χ2v) is 8.74. The van der Waals surface area contributed by atoms with E-state index in [2.05, 4.69) is 10.0 Å². The number of nitrogens with one attached hydrogen (secondary N) is 2. The van der Waals surface area contributed by atoms with Crippen molar-refractivity contribution < 1.29 is 37.8 Å². The normalized spacial score (nSPS) is 16.5. The minimum Gasteiger partial charge on any atom is -0.481 e. The Hall–Kier alpha value is -3.44. The Morgan fingerprint density at radius 2 is 1.81 bits per heavy atom.